The van der Waals surface area contributed by atoms with Gasteiger partial charge in [-0.05, 0) is 19.1 Å². The highest BCUT2D eigenvalue weighted by Gasteiger charge is 2.12. The molecule has 0 aromatic carbocycles. The lowest BCUT2D eigenvalue weighted by atomic mass is 10.2. The minimum Gasteiger partial charge on any atom is -0.384 e. The van der Waals surface area contributed by atoms with Crippen LogP contribution in [0, 0.1) is 5.41 Å². The highest BCUT2D eigenvalue weighted by Crippen LogP contribution is 2.15. The van der Waals surface area contributed by atoms with Crippen molar-refractivity contribution in [3.05, 3.63) is 23.9 Å². The van der Waals surface area contributed by atoms with Gasteiger partial charge in [0, 0.05) is 26.4 Å². The summed E-state index contributed by atoms with van der Waals surface area (Å²) in [6.45, 7) is 4.21. The summed E-state index contributed by atoms with van der Waals surface area (Å²) in [5.74, 6) is 0.786. The fourth-order valence-corrected chi connectivity index (χ4v) is 1.47. The molecule has 0 radical (unpaired) electrons. The molecule has 16 heavy (non-hydrogen) atoms. The first-order chi connectivity index (χ1) is 7.70. The predicted molar refractivity (Wildman–Crippen MR) is 65.0 cm³/mol. The average Bonchev–Trinajstić information content (AvgIpc) is 2.30. The molecule has 0 saturated heterocycles. The number of nitrogens with two attached hydrogens (primary N) is 1. The molecule has 0 aliphatic heterocycles. The summed E-state index contributed by atoms with van der Waals surface area (Å²) in [5, 5.41) is 7.50. The van der Waals surface area contributed by atoms with Gasteiger partial charge in [0.05, 0.1) is 12.2 Å². The van der Waals surface area contributed by atoms with Crippen molar-refractivity contribution in [2.24, 2.45) is 5.73 Å². The van der Waals surface area contributed by atoms with Crippen molar-refractivity contribution < 1.29 is 4.74 Å². The van der Waals surface area contributed by atoms with E-state index >= 15 is 0 Å². The molecule has 1 rings (SSSR count). The van der Waals surface area contributed by atoms with E-state index < -0.39 is 0 Å². The normalized spacial score (nSPS) is 10.1. The van der Waals surface area contributed by atoms with Gasteiger partial charge in [0.15, 0.2) is 0 Å². The molecule has 88 valence electrons. The van der Waals surface area contributed by atoms with Crippen molar-refractivity contribution in [1.82, 2.24) is 4.98 Å². The van der Waals surface area contributed by atoms with Gasteiger partial charge in [0.1, 0.15) is 11.7 Å². The fourth-order valence-electron chi connectivity index (χ4n) is 1.47. The largest absolute Gasteiger partial charge is 0.384 e. The molecular weight excluding hydrogens is 204 g/mol. The Morgan fingerprint density at radius 3 is 2.94 bits per heavy atom. The zero-order chi connectivity index (χ0) is 12.0. The number of ether oxygens (including phenoxy) is 1. The van der Waals surface area contributed by atoms with Crippen LogP contribution in [0.4, 0.5) is 5.82 Å². The van der Waals surface area contributed by atoms with Crippen molar-refractivity contribution in [3.8, 4) is 0 Å². The number of pyridine rings is 1. The molecule has 0 amide bonds. The molecule has 0 spiro atoms. The van der Waals surface area contributed by atoms with Gasteiger partial charge in [-0.2, -0.15) is 0 Å². The van der Waals surface area contributed by atoms with E-state index in [1.807, 2.05) is 11.8 Å². The standard InChI is InChI=1S/C11H18N4O/c1-3-15(7-8-16-2)11-9(10(12)13)5-4-6-14-11/h4-6H,3,7-8H2,1-2H3,(H3,12,13). The number of hydrogen-bond donors (Lipinski definition) is 2. The summed E-state index contributed by atoms with van der Waals surface area (Å²) in [7, 11) is 1.66. The lowest BCUT2D eigenvalue weighted by Crippen LogP contribution is -2.30. The number of nitrogen functional groups attached to an aromatic ring is 1. The Morgan fingerprint density at radius 1 is 1.62 bits per heavy atom. The Hall–Kier alpha value is -1.62. The van der Waals surface area contributed by atoms with E-state index in [9.17, 15) is 0 Å². The topological polar surface area (TPSA) is 75.2 Å². The number of methoxy groups -OCH3 is 1. The molecule has 3 N–H and O–H groups in total. The maximum Gasteiger partial charge on any atom is 0.139 e. The smallest absolute Gasteiger partial charge is 0.139 e. The minimum absolute atomic E-state index is 0.0407. The summed E-state index contributed by atoms with van der Waals surface area (Å²) in [4.78, 5) is 6.32. The zero-order valence-electron chi connectivity index (χ0n) is 9.73. The number of nitrogens with zero attached hydrogens (tertiary/aromatic N) is 2. The Bertz CT molecular complexity index is 354. The number of likely N-dealkylation sites (N-methyl/N-ethyl adjacent to an activating group) is 1. The average molecular weight is 222 g/mol. The van der Waals surface area contributed by atoms with Gasteiger partial charge in [-0.3, -0.25) is 5.41 Å². The molecule has 0 aliphatic carbocycles. The predicted octanol–water partition coefficient (Wildman–Crippen LogP) is 0.838. The number of rotatable bonds is 6. The van der Waals surface area contributed by atoms with Crippen LogP contribution in [0.3, 0.4) is 0 Å². The molecular formula is C11H18N4O. The Balaban J connectivity index is 2.94. The monoisotopic (exact) mass is 222 g/mol. The van der Waals surface area contributed by atoms with E-state index in [0.29, 0.717) is 12.2 Å². The van der Waals surface area contributed by atoms with E-state index in [4.69, 9.17) is 15.9 Å². The van der Waals surface area contributed by atoms with Crippen molar-refractivity contribution in [2.75, 3.05) is 31.7 Å². The first-order valence-electron chi connectivity index (χ1n) is 5.24. The van der Waals surface area contributed by atoms with E-state index in [1.165, 1.54) is 0 Å². The number of amidine groups is 1. The van der Waals surface area contributed by atoms with Crippen molar-refractivity contribution in [2.45, 2.75) is 6.92 Å². The fraction of sp³-hybridized carbons (Fsp3) is 0.455. The van der Waals surface area contributed by atoms with E-state index in [0.717, 1.165) is 18.9 Å². The van der Waals surface area contributed by atoms with Gasteiger partial charge in [0.2, 0.25) is 0 Å². The maximum absolute atomic E-state index is 7.50. The molecule has 0 fully saturated rings. The molecule has 5 nitrogen and oxygen atoms in total. The molecule has 0 saturated carbocycles. The second kappa shape index (κ2) is 6.07. The van der Waals surface area contributed by atoms with Crippen LogP contribution in [0.25, 0.3) is 0 Å². The second-order valence-electron chi connectivity index (χ2n) is 3.36. The first-order valence-corrected chi connectivity index (χ1v) is 5.24. The van der Waals surface area contributed by atoms with Crippen LogP contribution in [0.5, 0.6) is 0 Å². The lowest BCUT2D eigenvalue weighted by Gasteiger charge is -2.23. The van der Waals surface area contributed by atoms with Gasteiger partial charge in [-0.25, -0.2) is 4.98 Å². The third-order valence-corrected chi connectivity index (χ3v) is 2.32. The van der Waals surface area contributed by atoms with Gasteiger partial charge >= 0.3 is 0 Å². The molecule has 1 aromatic heterocycles. The zero-order valence-corrected chi connectivity index (χ0v) is 9.73. The Labute approximate surface area is 95.7 Å². The molecule has 0 bridgehead atoms. The Morgan fingerprint density at radius 2 is 2.38 bits per heavy atom. The van der Waals surface area contributed by atoms with Crippen molar-refractivity contribution >= 4 is 11.7 Å². The number of hydrogen-bond acceptors (Lipinski definition) is 4. The van der Waals surface area contributed by atoms with E-state index in [-0.39, 0.29) is 5.84 Å². The second-order valence-corrected chi connectivity index (χ2v) is 3.36. The molecule has 1 aromatic rings. The summed E-state index contributed by atoms with van der Waals surface area (Å²) in [6.07, 6.45) is 1.71. The van der Waals surface area contributed by atoms with Crippen molar-refractivity contribution in [3.63, 3.8) is 0 Å². The summed E-state index contributed by atoms with van der Waals surface area (Å²) in [6, 6.07) is 3.59. The highest BCUT2D eigenvalue weighted by atomic mass is 16.5. The molecule has 5 heteroatoms. The van der Waals surface area contributed by atoms with Crippen LogP contribution in [0.1, 0.15) is 12.5 Å². The van der Waals surface area contributed by atoms with Crippen LogP contribution in [-0.4, -0.2) is 37.6 Å². The molecule has 0 aliphatic rings. The third kappa shape index (κ3) is 2.93. The Kier molecular flexibility index (Phi) is 4.72. The number of anilines is 1. The van der Waals surface area contributed by atoms with Crippen LogP contribution in [0.2, 0.25) is 0 Å². The quantitative estimate of drug-likeness (QED) is 0.552. The molecule has 0 unspecified atom stereocenters. The van der Waals surface area contributed by atoms with Crippen LogP contribution in [0.15, 0.2) is 18.3 Å². The van der Waals surface area contributed by atoms with E-state index in [2.05, 4.69) is 4.98 Å². The van der Waals surface area contributed by atoms with Gasteiger partial charge in [0.25, 0.3) is 0 Å². The van der Waals surface area contributed by atoms with Crippen molar-refractivity contribution in [1.29, 1.82) is 5.41 Å². The van der Waals surface area contributed by atoms with Gasteiger partial charge in [-0.1, -0.05) is 0 Å². The minimum atomic E-state index is 0.0407. The SMILES string of the molecule is CCN(CCOC)c1ncccc1C(=N)N. The van der Waals surface area contributed by atoms with Gasteiger partial charge in [-0.15, -0.1) is 0 Å². The highest BCUT2D eigenvalue weighted by molar-refractivity contribution is 5.99. The molecule has 0 atom stereocenters. The lowest BCUT2D eigenvalue weighted by molar-refractivity contribution is 0.205. The van der Waals surface area contributed by atoms with E-state index in [1.54, 1.807) is 25.4 Å². The van der Waals surface area contributed by atoms with Gasteiger partial charge < -0.3 is 15.4 Å². The summed E-state index contributed by atoms with van der Waals surface area (Å²) >= 11 is 0. The maximum atomic E-state index is 7.50. The molecule has 1 heterocycles. The third-order valence-electron chi connectivity index (χ3n) is 2.32. The van der Waals surface area contributed by atoms with Crippen LogP contribution < -0.4 is 10.6 Å². The number of aromatic nitrogens is 1. The summed E-state index contributed by atoms with van der Waals surface area (Å²) < 4.78 is 5.04. The van der Waals surface area contributed by atoms with Crippen LogP contribution in [-0.2, 0) is 4.74 Å². The number of nitrogens with one attached hydrogen (secondary N) is 1. The first kappa shape index (κ1) is 12.4. The summed E-state index contributed by atoms with van der Waals surface area (Å²) in [5.41, 5.74) is 6.19. The van der Waals surface area contributed by atoms with Crippen LogP contribution >= 0.6 is 0 Å².